The number of hydrogen-bond acceptors (Lipinski definition) is 4. The van der Waals surface area contributed by atoms with Gasteiger partial charge in [-0.1, -0.05) is 13.5 Å². The highest BCUT2D eigenvalue weighted by Gasteiger charge is 2.21. The molecule has 0 aromatic rings. The standard InChI is InChI=1S/C12H24O4Si/c1-6-15-17(16-7-2)11(5)8-9-14-12(13)10(3)4/h11,17H,3,6-9H2,1-2,4-5H3. The van der Waals surface area contributed by atoms with Gasteiger partial charge in [-0.05, 0) is 27.2 Å². The SMILES string of the molecule is C=C(C)C(=O)OCCC(C)[SiH](OCC)OCC. The van der Waals surface area contributed by atoms with Gasteiger partial charge in [0, 0.05) is 24.3 Å². The van der Waals surface area contributed by atoms with Crippen LogP contribution >= 0.6 is 0 Å². The fraction of sp³-hybridized carbons (Fsp3) is 0.750. The molecule has 17 heavy (non-hydrogen) atoms. The summed E-state index contributed by atoms with van der Waals surface area (Å²) in [7, 11) is -1.63. The molecule has 0 spiro atoms. The summed E-state index contributed by atoms with van der Waals surface area (Å²) in [6, 6.07) is 0. The number of hydrogen-bond donors (Lipinski definition) is 0. The minimum Gasteiger partial charge on any atom is -0.462 e. The molecular weight excluding hydrogens is 236 g/mol. The Morgan fingerprint density at radius 3 is 2.24 bits per heavy atom. The molecule has 5 heteroatoms. The van der Waals surface area contributed by atoms with E-state index in [1.165, 1.54) is 0 Å². The van der Waals surface area contributed by atoms with E-state index in [1.54, 1.807) is 6.92 Å². The van der Waals surface area contributed by atoms with E-state index in [4.69, 9.17) is 13.6 Å². The topological polar surface area (TPSA) is 44.8 Å². The Balaban J connectivity index is 3.92. The molecule has 0 fully saturated rings. The van der Waals surface area contributed by atoms with Crippen LogP contribution in [-0.2, 0) is 18.4 Å². The molecule has 0 N–H and O–H groups in total. The molecule has 0 bridgehead atoms. The van der Waals surface area contributed by atoms with Crippen molar-refractivity contribution >= 4 is 15.3 Å². The average molecular weight is 260 g/mol. The lowest BCUT2D eigenvalue weighted by atomic mass is 10.3. The molecule has 0 aromatic heterocycles. The van der Waals surface area contributed by atoms with Crippen LogP contribution in [-0.4, -0.2) is 35.1 Å². The average Bonchev–Trinajstić information content (AvgIpc) is 2.28. The second kappa shape index (κ2) is 9.38. The minimum absolute atomic E-state index is 0.327. The summed E-state index contributed by atoms with van der Waals surface area (Å²) in [6.45, 7) is 12.9. The van der Waals surface area contributed by atoms with Crippen LogP contribution in [0.25, 0.3) is 0 Å². The molecule has 0 heterocycles. The van der Waals surface area contributed by atoms with Crippen molar-refractivity contribution in [2.75, 3.05) is 19.8 Å². The summed E-state index contributed by atoms with van der Waals surface area (Å²) in [4.78, 5) is 11.2. The Hall–Kier alpha value is -0.653. The lowest BCUT2D eigenvalue weighted by Crippen LogP contribution is -2.28. The molecular formula is C12H24O4Si. The monoisotopic (exact) mass is 260 g/mol. The molecule has 0 aliphatic heterocycles. The van der Waals surface area contributed by atoms with Crippen LogP contribution < -0.4 is 0 Å². The second-order valence-electron chi connectivity index (χ2n) is 3.96. The van der Waals surface area contributed by atoms with Gasteiger partial charge >= 0.3 is 15.3 Å². The lowest BCUT2D eigenvalue weighted by molar-refractivity contribution is -0.139. The van der Waals surface area contributed by atoms with Crippen molar-refractivity contribution in [3.05, 3.63) is 12.2 Å². The number of esters is 1. The van der Waals surface area contributed by atoms with Gasteiger partial charge in [0.2, 0.25) is 0 Å². The molecule has 0 saturated carbocycles. The van der Waals surface area contributed by atoms with Gasteiger partial charge < -0.3 is 13.6 Å². The fourth-order valence-corrected chi connectivity index (χ4v) is 3.12. The first-order chi connectivity index (χ1) is 8.02. The first-order valence-corrected chi connectivity index (χ1v) is 7.69. The molecule has 0 aromatic carbocycles. The summed E-state index contributed by atoms with van der Waals surface area (Å²) in [6.07, 6.45) is 0.774. The summed E-state index contributed by atoms with van der Waals surface area (Å²) in [5, 5.41) is 0. The maximum Gasteiger partial charge on any atom is 0.333 e. The predicted octanol–water partition coefficient (Wildman–Crippen LogP) is 2.18. The first kappa shape index (κ1) is 16.3. The highest BCUT2D eigenvalue weighted by Crippen LogP contribution is 2.16. The number of rotatable bonds is 9. The molecule has 1 unspecified atom stereocenters. The normalized spacial score (nSPS) is 12.5. The zero-order chi connectivity index (χ0) is 13.3. The number of carbonyl (C=O) groups is 1. The molecule has 4 nitrogen and oxygen atoms in total. The van der Waals surface area contributed by atoms with Crippen LogP contribution in [0.1, 0.15) is 34.1 Å². The van der Waals surface area contributed by atoms with E-state index >= 15 is 0 Å². The van der Waals surface area contributed by atoms with E-state index < -0.39 is 9.28 Å². The molecule has 100 valence electrons. The second-order valence-corrected chi connectivity index (χ2v) is 6.50. The Labute approximate surface area is 106 Å². The van der Waals surface area contributed by atoms with Crippen LogP contribution in [0.5, 0.6) is 0 Å². The Bertz CT molecular complexity index is 237. The van der Waals surface area contributed by atoms with E-state index in [0.717, 1.165) is 6.42 Å². The Kier molecular flexibility index (Phi) is 9.02. The molecule has 0 radical (unpaired) electrons. The molecule has 0 rings (SSSR count). The van der Waals surface area contributed by atoms with Gasteiger partial charge in [0.25, 0.3) is 0 Å². The van der Waals surface area contributed by atoms with Gasteiger partial charge in [-0.15, -0.1) is 0 Å². The fourth-order valence-electron chi connectivity index (χ4n) is 1.30. The number of ether oxygens (including phenoxy) is 1. The van der Waals surface area contributed by atoms with Crippen molar-refractivity contribution in [2.45, 2.75) is 39.7 Å². The van der Waals surface area contributed by atoms with Crippen LogP contribution in [0.3, 0.4) is 0 Å². The van der Waals surface area contributed by atoms with Crippen molar-refractivity contribution < 1.29 is 18.4 Å². The van der Waals surface area contributed by atoms with Crippen molar-refractivity contribution in [2.24, 2.45) is 0 Å². The molecule has 0 saturated heterocycles. The molecule has 0 aliphatic carbocycles. The zero-order valence-corrected chi connectivity index (χ0v) is 12.5. The van der Waals surface area contributed by atoms with Gasteiger partial charge in [-0.2, -0.15) is 0 Å². The third-order valence-electron chi connectivity index (χ3n) is 2.28. The van der Waals surface area contributed by atoms with Gasteiger partial charge in [0.1, 0.15) is 0 Å². The molecule has 0 amide bonds. The van der Waals surface area contributed by atoms with Crippen molar-refractivity contribution in [3.63, 3.8) is 0 Å². The van der Waals surface area contributed by atoms with Crippen LogP contribution in [0.4, 0.5) is 0 Å². The third-order valence-corrected chi connectivity index (χ3v) is 4.87. The third kappa shape index (κ3) is 7.30. The van der Waals surface area contributed by atoms with Crippen LogP contribution in [0.2, 0.25) is 5.54 Å². The van der Waals surface area contributed by atoms with E-state index in [0.29, 0.717) is 30.9 Å². The van der Waals surface area contributed by atoms with E-state index in [1.807, 2.05) is 13.8 Å². The summed E-state index contributed by atoms with van der Waals surface area (Å²) in [5.74, 6) is -0.330. The maximum atomic E-state index is 11.2. The Morgan fingerprint density at radius 2 is 1.82 bits per heavy atom. The summed E-state index contributed by atoms with van der Waals surface area (Å²) < 4.78 is 16.3. The zero-order valence-electron chi connectivity index (χ0n) is 11.3. The van der Waals surface area contributed by atoms with E-state index in [-0.39, 0.29) is 5.97 Å². The molecule has 0 aliphatic rings. The quantitative estimate of drug-likeness (QED) is 0.362. The van der Waals surface area contributed by atoms with Gasteiger partial charge in [-0.25, -0.2) is 4.79 Å². The van der Waals surface area contributed by atoms with Crippen molar-refractivity contribution in [1.82, 2.24) is 0 Å². The lowest BCUT2D eigenvalue weighted by Gasteiger charge is -2.21. The van der Waals surface area contributed by atoms with Gasteiger partial charge in [0.15, 0.2) is 0 Å². The largest absolute Gasteiger partial charge is 0.462 e. The maximum absolute atomic E-state index is 11.2. The van der Waals surface area contributed by atoms with Crippen molar-refractivity contribution in [3.8, 4) is 0 Å². The minimum atomic E-state index is -1.63. The first-order valence-electron chi connectivity index (χ1n) is 6.08. The predicted molar refractivity (Wildman–Crippen MR) is 70.2 cm³/mol. The van der Waals surface area contributed by atoms with Gasteiger partial charge in [0.05, 0.1) is 6.61 Å². The Morgan fingerprint density at radius 1 is 1.29 bits per heavy atom. The summed E-state index contributed by atoms with van der Waals surface area (Å²) >= 11 is 0. The van der Waals surface area contributed by atoms with Crippen LogP contribution in [0.15, 0.2) is 12.2 Å². The molecule has 1 atom stereocenters. The van der Waals surface area contributed by atoms with Crippen LogP contribution in [0, 0.1) is 0 Å². The smallest absolute Gasteiger partial charge is 0.333 e. The number of carbonyl (C=O) groups excluding carboxylic acids is 1. The summed E-state index contributed by atoms with van der Waals surface area (Å²) in [5.41, 5.74) is 0.758. The highest BCUT2D eigenvalue weighted by molar-refractivity contribution is 6.46. The van der Waals surface area contributed by atoms with E-state index in [2.05, 4.69) is 13.5 Å². The highest BCUT2D eigenvalue weighted by atomic mass is 28.3. The van der Waals surface area contributed by atoms with Gasteiger partial charge in [-0.3, -0.25) is 0 Å². The van der Waals surface area contributed by atoms with E-state index in [9.17, 15) is 4.79 Å². The van der Waals surface area contributed by atoms with Crippen molar-refractivity contribution in [1.29, 1.82) is 0 Å².